The van der Waals surface area contributed by atoms with E-state index in [1.54, 1.807) is 18.2 Å². The Hall–Kier alpha value is -2.13. The molecule has 0 aliphatic heterocycles. The monoisotopic (exact) mass is 271 g/mol. The maximum absolute atomic E-state index is 11.9. The fourth-order valence-corrected chi connectivity index (χ4v) is 2.21. The zero-order valence-corrected chi connectivity index (χ0v) is 10.7. The lowest BCUT2D eigenvalue weighted by atomic mass is 10.1. The van der Waals surface area contributed by atoms with Crippen molar-refractivity contribution in [3.8, 4) is 11.5 Å². The van der Waals surface area contributed by atoms with Crippen LogP contribution in [0.3, 0.4) is 0 Å². The highest BCUT2D eigenvalue weighted by Gasteiger charge is 2.11. The number of fused-ring (bicyclic) bond motifs is 1. The van der Waals surface area contributed by atoms with E-state index in [0.29, 0.717) is 22.7 Å². The number of hydrogen-bond donors (Lipinski definition) is 0. The van der Waals surface area contributed by atoms with Crippen LogP contribution in [0.15, 0.2) is 57.7 Å². The Morgan fingerprint density at radius 1 is 1.05 bits per heavy atom. The molecule has 3 rings (SSSR count). The van der Waals surface area contributed by atoms with Gasteiger partial charge in [-0.25, -0.2) is 9.78 Å². The van der Waals surface area contributed by atoms with Crippen molar-refractivity contribution in [2.75, 3.05) is 0 Å². The first kappa shape index (κ1) is 11.9. The molecular weight excluding hydrogens is 262 g/mol. The fraction of sp³-hybridized carbons (Fsp3) is 0.0667. The lowest BCUT2D eigenvalue weighted by Crippen LogP contribution is -2.03. The minimum atomic E-state index is -0.384. The van der Waals surface area contributed by atoms with Gasteiger partial charge in [0.25, 0.3) is 0 Å². The summed E-state index contributed by atoms with van der Waals surface area (Å²) in [6.45, 7) is 0. The van der Waals surface area contributed by atoms with Crippen LogP contribution in [0.25, 0.3) is 22.4 Å². The zero-order chi connectivity index (χ0) is 13.2. The van der Waals surface area contributed by atoms with Crippen molar-refractivity contribution in [3.63, 3.8) is 0 Å². The summed E-state index contributed by atoms with van der Waals surface area (Å²) in [6.07, 6.45) is 0. The molecule has 0 spiro atoms. The van der Waals surface area contributed by atoms with Crippen molar-refractivity contribution in [1.82, 2.24) is 4.98 Å². The molecule has 0 amide bonds. The summed E-state index contributed by atoms with van der Waals surface area (Å²) in [5, 5.41) is 0.481. The summed E-state index contributed by atoms with van der Waals surface area (Å²) >= 11 is 5.89. The molecule has 0 aliphatic carbocycles. The van der Waals surface area contributed by atoms with E-state index in [9.17, 15) is 4.79 Å². The Morgan fingerprint density at radius 2 is 1.79 bits per heavy atom. The van der Waals surface area contributed by atoms with Crippen molar-refractivity contribution < 1.29 is 4.42 Å². The van der Waals surface area contributed by atoms with E-state index in [1.807, 2.05) is 30.3 Å². The van der Waals surface area contributed by atoms with Crippen molar-refractivity contribution in [1.29, 1.82) is 0 Å². The molecule has 0 fully saturated rings. The van der Waals surface area contributed by atoms with Gasteiger partial charge in [-0.05, 0) is 23.8 Å². The van der Waals surface area contributed by atoms with Crippen LogP contribution in [-0.4, -0.2) is 4.98 Å². The number of hydrogen-bond acceptors (Lipinski definition) is 3. The van der Waals surface area contributed by atoms with E-state index in [1.165, 1.54) is 0 Å². The molecule has 2 aromatic carbocycles. The number of halogens is 1. The van der Waals surface area contributed by atoms with Gasteiger partial charge in [0.05, 0.1) is 10.9 Å². The lowest BCUT2D eigenvalue weighted by Gasteiger charge is -2.05. The van der Waals surface area contributed by atoms with Crippen LogP contribution < -0.4 is 5.63 Å². The molecule has 1 aromatic heterocycles. The second-order valence-electron chi connectivity index (χ2n) is 4.11. The molecule has 4 heteroatoms. The largest absolute Gasteiger partial charge is 0.403 e. The van der Waals surface area contributed by atoms with Crippen LogP contribution in [0.1, 0.15) is 5.56 Å². The summed E-state index contributed by atoms with van der Waals surface area (Å²) < 4.78 is 5.29. The molecule has 1 heterocycles. The number of para-hydroxylation sites is 1. The van der Waals surface area contributed by atoms with E-state index in [2.05, 4.69) is 4.98 Å². The van der Waals surface area contributed by atoms with Crippen molar-refractivity contribution >= 4 is 22.5 Å². The predicted molar refractivity (Wildman–Crippen MR) is 75.3 cm³/mol. The second kappa shape index (κ2) is 4.86. The molecule has 3 nitrogen and oxygen atoms in total. The summed E-state index contributed by atoms with van der Waals surface area (Å²) in [7, 11) is 0. The first-order valence-corrected chi connectivity index (χ1v) is 6.37. The third-order valence-corrected chi connectivity index (χ3v) is 3.22. The van der Waals surface area contributed by atoms with Gasteiger partial charge in [-0.2, -0.15) is 0 Å². The molecule has 0 bridgehead atoms. The molecule has 0 radical (unpaired) electrons. The SMILES string of the molecule is O=c1oc(-c2ccccc2CCl)nc2ccccc12. The number of nitrogens with zero attached hydrogens (tertiary/aromatic N) is 1. The van der Waals surface area contributed by atoms with Gasteiger partial charge in [0.15, 0.2) is 0 Å². The van der Waals surface area contributed by atoms with Gasteiger partial charge in [-0.1, -0.05) is 30.3 Å². The Bertz CT molecular complexity index is 795. The molecule has 0 atom stereocenters. The van der Waals surface area contributed by atoms with Crippen LogP contribution in [0.2, 0.25) is 0 Å². The second-order valence-corrected chi connectivity index (χ2v) is 4.38. The summed E-state index contributed by atoms with van der Waals surface area (Å²) in [4.78, 5) is 16.3. The third-order valence-electron chi connectivity index (χ3n) is 2.93. The first-order chi connectivity index (χ1) is 9.29. The fourth-order valence-electron chi connectivity index (χ4n) is 1.98. The molecule has 19 heavy (non-hydrogen) atoms. The third kappa shape index (κ3) is 2.13. The Kier molecular flexibility index (Phi) is 3.05. The molecular formula is C15H10ClNO2. The van der Waals surface area contributed by atoms with Crippen LogP contribution in [0.4, 0.5) is 0 Å². The summed E-state index contributed by atoms with van der Waals surface area (Å²) in [5.74, 6) is 0.647. The average Bonchev–Trinajstić information content (AvgIpc) is 2.47. The Morgan fingerprint density at radius 3 is 2.63 bits per heavy atom. The van der Waals surface area contributed by atoms with Gasteiger partial charge in [0, 0.05) is 11.4 Å². The van der Waals surface area contributed by atoms with Crippen LogP contribution >= 0.6 is 11.6 Å². The van der Waals surface area contributed by atoms with Gasteiger partial charge in [-0.3, -0.25) is 0 Å². The zero-order valence-electron chi connectivity index (χ0n) is 9.97. The topological polar surface area (TPSA) is 43.1 Å². The number of benzene rings is 2. The minimum absolute atomic E-state index is 0.306. The van der Waals surface area contributed by atoms with E-state index in [-0.39, 0.29) is 5.63 Å². The molecule has 0 saturated heterocycles. The molecule has 0 saturated carbocycles. The van der Waals surface area contributed by atoms with Crippen LogP contribution in [0, 0.1) is 0 Å². The highest BCUT2D eigenvalue weighted by atomic mass is 35.5. The van der Waals surface area contributed by atoms with Gasteiger partial charge >= 0.3 is 5.63 Å². The van der Waals surface area contributed by atoms with Crippen LogP contribution in [0.5, 0.6) is 0 Å². The van der Waals surface area contributed by atoms with E-state index < -0.39 is 0 Å². The maximum atomic E-state index is 11.9. The van der Waals surface area contributed by atoms with Gasteiger partial charge in [0.2, 0.25) is 5.89 Å². The van der Waals surface area contributed by atoms with Crippen molar-refractivity contribution in [2.24, 2.45) is 0 Å². The maximum Gasteiger partial charge on any atom is 0.347 e. The van der Waals surface area contributed by atoms with Gasteiger partial charge in [-0.15, -0.1) is 11.6 Å². The van der Waals surface area contributed by atoms with E-state index in [0.717, 1.165) is 11.1 Å². The van der Waals surface area contributed by atoms with Crippen LogP contribution in [-0.2, 0) is 5.88 Å². The molecule has 0 N–H and O–H groups in total. The van der Waals surface area contributed by atoms with E-state index >= 15 is 0 Å². The smallest absolute Gasteiger partial charge is 0.347 e. The Balaban J connectivity index is 2.29. The standard InChI is InChI=1S/C15H10ClNO2/c16-9-10-5-1-2-6-11(10)14-17-13-8-4-3-7-12(13)15(18)19-14/h1-8H,9H2. The summed E-state index contributed by atoms with van der Waals surface area (Å²) in [6, 6.07) is 14.6. The summed E-state index contributed by atoms with van der Waals surface area (Å²) in [5.41, 5.74) is 1.87. The highest BCUT2D eigenvalue weighted by Crippen LogP contribution is 2.23. The number of alkyl halides is 1. The first-order valence-electron chi connectivity index (χ1n) is 5.84. The predicted octanol–water partition coefficient (Wildman–Crippen LogP) is 3.59. The number of rotatable bonds is 2. The van der Waals surface area contributed by atoms with E-state index in [4.69, 9.17) is 16.0 Å². The van der Waals surface area contributed by atoms with Crippen molar-refractivity contribution in [3.05, 3.63) is 64.5 Å². The van der Waals surface area contributed by atoms with Gasteiger partial charge < -0.3 is 4.42 Å². The number of aromatic nitrogens is 1. The van der Waals surface area contributed by atoms with Crippen molar-refractivity contribution in [2.45, 2.75) is 5.88 Å². The quantitative estimate of drug-likeness (QED) is 0.669. The lowest BCUT2D eigenvalue weighted by molar-refractivity contribution is 0.518. The minimum Gasteiger partial charge on any atom is -0.403 e. The molecule has 3 aromatic rings. The molecule has 0 unspecified atom stereocenters. The molecule has 94 valence electrons. The molecule has 0 aliphatic rings. The highest BCUT2D eigenvalue weighted by molar-refractivity contribution is 6.17. The average molecular weight is 272 g/mol. The Labute approximate surface area is 114 Å². The van der Waals surface area contributed by atoms with Gasteiger partial charge in [0.1, 0.15) is 0 Å². The normalized spacial score (nSPS) is 10.8.